The van der Waals surface area contributed by atoms with E-state index in [9.17, 15) is 27.2 Å². The lowest BCUT2D eigenvalue weighted by molar-refractivity contribution is -0.203. The Bertz CT molecular complexity index is 1030. The van der Waals surface area contributed by atoms with Gasteiger partial charge in [0.15, 0.2) is 0 Å². The summed E-state index contributed by atoms with van der Waals surface area (Å²) < 4.78 is 55.2. The van der Waals surface area contributed by atoms with Gasteiger partial charge >= 0.3 is 6.18 Å². The van der Waals surface area contributed by atoms with Crippen molar-refractivity contribution in [1.29, 1.82) is 0 Å². The van der Waals surface area contributed by atoms with Gasteiger partial charge in [0.05, 0.1) is 5.52 Å². The van der Waals surface area contributed by atoms with Crippen LogP contribution in [0.2, 0.25) is 0 Å². The van der Waals surface area contributed by atoms with Crippen LogP contribution in [0.4, 0.5) is 17.6 Å². The van der Waals surface area contributed by atoms with Crippen LogP contribution in [0.15, 0.2) is 18.2 Å². The molecule has 0 spiro atoms. The quantitative estimate of drug-likeness (QED) is 0.644. The largest absolute Gasteiger partial charge is 0.410 e. The number of H-pyrrole nitrogens is 1. The first-order chi connectivity index (χ1) is 16.1. The van der Waals surface area contributed by atoms with E-state index in [1.165, 1.54) is 12.1 Å². The Morgan fingerprint density at radius 1 is 1.21 bits per heavy atom. The molecule has 4 rings (SSSR count). The van der Waals surface area contributed by atoms with Gasteiger partial charge in [0, 0.05) is 43.5 Å². The summed E-state index contributed by atoms with van der Waals surface area (Å²) in [5.41, 5.74) is 1.66. The summed E-state index contributed by atoms with van der Waals surface area (Å²) in [4.78, 5) is 30.7. The summed E-state index contributed by atoms with van der Waals surface area (Å²) in [5.74, 6) is -1.25. The third-order valence-corrected chi connectivity index (χ3v) is 7.10. The van der Waals surface area contributed by atoms with E-state index < -0.39 is 23.9 Å². The second-order valence-corrected chi connectivity index (χ2v) is 9.32. The van der Waals surface area contributed by atoms with Gasteiger partial charge in [-0.2, -0.15) is 13.2 Å². The molecule has 2 aliphatic rings. The molecule has 2 fully saturated rings. The Morgan fingerprint density at radius 3 is 2.65 bits per heavy atom. The maximum absolute atomic E-state index is 14.1. The zero-order valence-electron chi connectivity index (χ0n) is 19.3. The van der Waals surface area contributed by atoms with E-state index >= 15 is 0 Å². The van der Waals surface area contributed by atoms with E-state index in [0.717, 1.165) is 29.7 Å². The third-order valence-electron chi connectivity index (χ3n) is 7.10. The van der Waals surface area contributed by atoms with Gasteiger partial charge in [-0.1, -0.05) is 13.0 Å². The first-order valence-corrected chi connectivity index (χ1v) is 11.8. The lowest BCUT2D eigenvalue weighted by Crippen LogP contribution is -2.63. The summed E-state index contributed by atoms with van der Waals surface area (Å²) in [7, 11) is 0. The van der Waals surface area contributed by atoms with Crippen LogP contribution in [0, 0.1) is 12.7 Å². The standard InChI is InChI=1S/C24H30F4N4O2/c1-3-21(33)32-10-9-31(13-20(32)24(26,27)28)16-6-4-5-15(11-16)29-23(34)19-12-17-18(25)8-7-14(2)22(17)30-19/h7-8,12,15-16,20,30H,3-6,9-11,13H2,1-2H3,(H,29,34)/t15-,16+,20+/m1/s1. The van der Waals surface area contributed by atoms with Gasteiger partial charge in [-0.25, -0.2) is 4.39 Å². The van der Waals surface area contributed by atoms with E-state index in [2.05, 4.69) is 10.3 Å². The number of aromatic amines is 1. The van der Waals surface area contributed by atoms with Crippen molar-refractivity contribution < 1.29 is 27.2 Å². The highest BCUT2D eigenvalue weighted by molar-refractivity contribution is 5.99. The SMILES string of the molecule is CCC(=O)N1CCN([C@H]2CCC[C@@H](NC(=O)c3cc4c(F)ccc(C)c4[nH]3)C2)C[C@H]1C(F)(F)F. The minimum atomic E-state index is -4.49. The highest BCUT2D eigenvalue weighted by Crippen LogP contribution is 2.32. The Balaban J connectivity index is 1.42. The molecular weight excluding hydrogens is 452 g/mol. The van der Waals surface area contributed by atoms with Crippen molar-refractivity contribution in [2.45, 2.75) is 70.3 Å². The van der Waals surface area contributed by atoms with Crippen LogP contribution in [0.1, 0.15) is 55.1 Å². The molecule has 1 aromatic carbocycles. The Kier molecular flexibility index (Phi) is 6.89. The van der Waals surface area contributed by atoms with E-state index in [-0.39, 0.29) is 43.2 Å². The highest BCUT2D eigenvalue weighted by Gasteiger charge is 2.49. The van der Waals surface area contributed by atoms with Crippen LogP contribution in [0.3, 0.4) is 0 Å². The monoisotopic (exact) mass is 482 g/mol. The Morgan fingerprint density at radius 2 is 1.97 bits per heavy atom. The Hall–Kier alpha value is -2.62. The Labute approximate surface area is 195 Å². The summed E-state index contributed by atoms with van der Waals surface area (Å²) in [6.07, 6.45) is -1.66. The summed E-state index contributed by atoms with van der Waals surface area (Å²) in [6.45, 7) is 3.57. The van der Waals surface area contributed by atoms with Gasteiger partial charge in [-0.3, -0.25) is 14.5 Å². The fourth-order valence-corrected chi connectivity index (χ4v) is 5.25. The van der Waals surface area contributed by atoms with Gasteiger partial charge in [-0.15, -0.1) is 0 Å². The van der Waals surface area contributed by atoms with Crippen LogP contribution in [0.25, 0.3) is 10.9 Å². The number of carbonyl (C=O) groups is 2. The average molecular weight is 483 g/mol. The molecule has 186 valence electrons. The predicted octanol–water partition coefficient (Wildman–Crippen LogP) is 4.14. The topological polar surface area (TPSA) is 68.4 Å². The molecular formula is C24H30F4N4O2. The molecule has 3 atom stereocenters. The molecule has 2 amide bonds. The zero-order valence-corrected chi connectivity index (χ0v) is 19.3. The van der Waals surface area contributed by atoms with Crippen molar-refractivity contribution in [2.75, 3.05) is 19.6 Å². The van der Waals surface area contributed by atoms with Crippen molar-refractivity contribution in [3.8, 4) is 0 Å². The molecule has 6 nitrogen and oxygen atoms in total. The number of alkyl halides is 3. The number of fused-ring (bicyclic) bond motifs is 1. The molecule has 2 heterocycles. The molecule has 1 saturated heterocycles. The number of hydrogen-bond donors (Lipinski definition) is 2. The molecule has 0 radical (unpaired) electrons. The number of piperazine rings is 1. The van der Waals surface area contributed by atoms with Crippen LogP contribution < -0.4 is 5.32 Å². The third kappa shape index (κ3) is 4.92. The molecule has 2 aromatic rings. The molecule has 1 aliphatic carbocycles. The number of hydrogen-bond acceptors (Lipinski definition) is 3. The molecule has 10 heteroatoms. The van der Waals surface area contributed by atoms with Crippen molar-refractivity contribution in [2.24, 2.45) is 0 Å². The normalized spacial score (nSPS) is 24.4. The number of carbonyl (C=O) groups excluding carboxylic acids is 2. The lowest BCUT2D eigenvalue weighted by atomic mass is 9.89. The van der Waals surface area contributed by atoms with Gasteiger partial charge in [0.2, 0.25) is 5.91 Å². The van der Waals surface area contributed by atoms with E-state index in [4.69, 9.17) is 0 Å². The lowest BCUT2D eigenvalue weighted by Gasteiger charge is -2.46. The van der Waals surface area contributed by atoms with Gasteiger partial charge < -0.3 is 15.2 Å². The van der Waals surface area contributed by atoms with Crippen LogP contribution in [-0.2, 0) is 4.79 Å². The molecule has 0 bridgehead atoms. The number of nitrogens with one attached hydrogen (secondary N) is 2. The van der Waals surface area contributed by atoms with Crippen molar-refractivity contribution in [3.63, 3.8) is 0 Å². The van der Waals surface area contributed by atoms with Gasteiger partial charge in [0.1, 0.15) is 17.6 Å². The fourth-order valence-electron chi connectivity index (χ4n) is 5.25. The number of nitrogens with zero attached hydrogens (tertiary/aromatic N) is 2. The summed E-state index contributed by atoms with van der Waals surface area (Å²) in [6, 6.07) is 2.39. The molecule has 1 saturated carbocycles. The second kappa shape index (κ2) is 9.56. The molecule has 0 unspecified atom stereocenters. The maximum atomic E-state index is 14.1. The van der Waals surface area contributed by atoms with Gasteiger partial charge in [0.25, 0.3) is 5.91 Å². The fraction of sp³-hybridized carbons (Fsp3) is 0.583. The molecule has 34 heavy (non-hydrogen) atoms. The van der Waals surface area contributed by atoms with Crippen molar-refractivity contribution in [3.05, 3.63) is 35.3 Å². The first-order valence-electron chi connectivity index (χ1n) is 11.8. The minimum Gasteiger partial charge on any atom is -0.350 e. The van der Waals surface area contributed by atoms with E-state index in [1.54, 1.807) is 13.0 Å². The first kappa shape index (κ1) is 24.5. The average Bonchev–Trinajstić information content (AvgIpc) is 3.27. The smallest absolute Gasteiger partial charge is 0.350 e. The minimum absolute atomic E-state index is 0.0429. The second-order valence-electron chi connectivity index (χ2n) is 9.32. The maximum Gasteiger partial charge on any atom is 0.410 e. The van der Waals surface area contributed by atoms with E-state index in [0.29, 0.717) is 23.9 Å². The van der Waals surface area contributed by atoms with E-state index in [1.807, 2.05) is 11.8 Å². The summed E-state index contributed by atoms with van der Waals surface area (Å²) in [5, 5.41) is 3.33. The molecule has 1 aliphatic heterocycles. The van der Waals surface area contributed by atoms with Crippen LogP contribution >= 0.6 is 0 Å². The highest BCUT2D eigenvalue weighted by atomic mass is 19.4. The number of halogens is 4. The zero-order chi connectivity index (χ0) is 24.6. The number of amides is 2. The summed E-state index contributed by atoms with van der Waals surface area (Å²) >= 11 is 0. The van der Waals surface area contributed by atoms with Gasteiger partial charge in [-0.05, 0) is 50.3 Å². The number of rotatable bonds is 4. The number of aromatic nitrogens is 1. The van der Waals surface area contributed by atoms with Crippen molar-refractivity contribution >= 4 is 22.7 Å². The van der Waals surface area contributed by atoms with Crippen LogP contribution in [0.5, 0.6) is 0 Å². The molecule has 2 N–H and O–H groups in total. The molecule has 1 aromatic heterocycles. The predicted molar refractivity (Wildman–Crippen MR) is 120 cm³/mol. The van der Waals surface area contributed by atoms with Crippen molar-refractivity contribution in [1.82, 2.24) is 20.1 Å². The number of aryl methyl sites for hydroxylation is 1. The number of benzene rings is 1. The van der Waals surface area contributed by atoms with Crippen LogP contribution in [-0.4, -0.2) is 70.5 Å².